The Hall–Kier alpha value is -2.86. The Labute approximate surface area is 153 Å². The number of non-ortho nitro benzene ring substituents is 1. The number of carboxylic acids is 1. The standard InChI is InChI=1S/C16H16N2O8S/c19-9-13(15(20)10-5-7-11(8-6-10)18(23)24)17-27(25,26)14-4-2-1-3-12(14)16(21)22/h1-8,13,15,17,19-20H,9H2,(H,21,22)/t13-,15-/m0/s1. The monoisotopic (exact) mass is 396 g/mol. The number of hydrogen-bond acceptors (Lipinski definition) is 7. The van der Waals surface area contributed by atoms with Gasteiger partial charge >= 0.3 is 5.97 Å². The molecule has 2 aromatic carbocycles. The maximum absolute atomic E-state index is 12.5. The van der Waals surface area contributed by atoms with Gasteiger partial charge in [0.05, 0.1) is 34.1 Å². The van der Waals surface area contributed by atoms with Crippen molar-refractivity contribution in [2.75, 3.05) is 6.61 Å². The summed E-state index contributed by atoms with van der Waals surface area (Å²) >= 11 is 0. The van der Waals surface area contributed by atoms with Gasteiger partial charge in [0.15, 0.2) is 0 Å². The minimum absolute atomic E-state index is 0.133. The third-order valence-corrected chi connectivity index (χ3v) is 5.28. The van der Waals surface area contributed by atoms with Gasteiger partial charge in [0.25, 0.3) is 5.69 Å². The number of rotatable bonds is 8. The van der Waals surface area contributed by atoms with E-state index in [1.54, 1.807) is 0 Å². The van der Waals surface area contributed by atoms with E-state index in [0.717, 1.165) is 24.3 Å². The summed E-state index contributed by atoms with van der Waals surface area (Å²) in [6.45, 7) is -0.799. The summed E-state index contributed by atoms with van der Waals surface area (Å²) in [6, 6.07) is 8.19. The van der Waals surface area contributed by atoms with E-state index in [1.807, 2.05) is 0 Å². The van der Waals surface area contributed by atoms with Crippen LogP contribution >= 0.6 is 0 Å². The average molecular weight is 396 g/mol. The number of aliphatic hydroxyl groups excluding tert-OH is 2. The topological polar surface area (TPSA) is 167 Å². The molecule has 0 bridgehead atoms. The molecule has 10 nitrogen and oxygen atoms in total. The van der Waals surface area contributed by atoms with Crippen LogP contribution in [0, 0.1) is 10.1 Å². The van der Waals surface area contributed by atoms with Crippen molar-refractivity contribution in [1.29, 1.82) is 0 Å². The van der Waals surface area contributed by atoms with E-state index in [4.69, 9.17) is 5.11 Å². The van der Waals surface area contributed by atoms with E-state index in [1.165, 1.54) is 24.3 Å². The van der Waals surface area contributed by atoms with Crippen molar-refractivity contribution in [3.8, 4) is 0 Å². The van der Waals surface area contributed by atoms with Gasteiger partial charge in [-0.15, -0.1) is 0 Å². The lowest BCUT2D eigenvalue weighted by Crippen LogP contribution is -2.42. The molecular formula is C16H16N2O8S. The van der Waals surface area contributed by atoms with Crippen LogP contribution in [0.1, 0.15) is 22.0 Å². The Morgan fingerprint density at radius 1 is 1.15 bits per heavy atom. The Bertz CT molecular complexity index is 943. The number of nitrogens with zero attached hydrogens (tertiary/aromatic N) is 1. The minimum atomic E-state index is -4.38. The molecule has 0 fully saturated rings. The maximum Gasteiger partial charge on any atom is 0.337 e. The normalized spacial score (nSPS) is 13.7. The summed E-state index contributed by atoms with van der Waals surface area (Å²) in [6.07, 6.45) is -1.53. The number of nitro benzene ring substituents is 1. The van der Waals surface area contributed by atoms with Crippen molar-refractivity contribution in [3.63, 3.8) is 0 Å². The fourth-order valence-electron chi connectivity index (χ4n) is 2.37. The van der Waals surface area contributed by atoms with Crippen LogP contribution in [0.3, 0.4) is 0 Å². The number of sulfonamides is 1. The predicted molar refractivity (Wildman–Crippen MR) is 92.7 cm³/mol. The van der Waals surface area contributed by atoms with Gasteiger partial charge < -0.3 is 15.3 Å². The number of aromatic carboxylic acids is 1. The van der Waals surface area contributed by atoms with Crippen molar-refractivity contribution < 1.29 is 33.5 Å². The zero-order valence-electron chi connectivity index (χ0n) is 13.7. The number of hydrogen-bond donors (Lipinski definition) is 4. The third-order valence-electron chi connectivity index (χ3n) is 3.74. The highest BCUT2D eigenvalue weighted by Gasteiger charge is 2.29. The van der Waals surface area contributed by atoms with Crippen LogP contribution in [-0.2, 0) is 10.0 Å². The van der Waals surface area contributed by atoms with Crippen LogP contribution in [-0.4, -0.2) is 47.3 Å². The first-order valence-corrected chi connectivity index (χ1v) is 9.03. The summed E-state index contributed by atoms with van der Waals surface area (Å²) < 4.78 is 27.1. The molecule has 0 spiro atoms. The van der Waals surface area contributed by atoms with Gasteiger partial charge in [-0.1, -0.05) is 12.1 Å². The molecule has 0 unspecified atom stereocenters. The number of carbonyl (C=O) groups is 1. The molecule has 4 N–H and O–H groups in total. The minimum Gasteiger partial charge on any atom is -0.478 e. The molecule has 2 atom stereocenters. The van der Waals surface area contributed by atoms with Crippen LogP contribution in [0.15, 0.2) is 53.4 Å². The molecule has 11 heteroatoms. The average Bonchev–Trinajstić information content (AvgIpc) is 2.65. The summed E-state index contributed by atoms with van der Waals surface area (Å²) in [7, 11) is -4.38. The van der Waals surface area contributed by atoms with Gasteiger partial charge in [-0.3, -0.25) is 10.1 Å². The molecule has 0 aliphatic carbocycles. The number of carboxylic acid groups (broad SMARTS) is 1. The highest BCUT2D eigenvalue weighted by molar-refractivity contribution is 7.89. The van der Waals surface area contributed by atoms with Crippen LogP contribution < -0.4 is 4.72 Å². The predicted octanol–water partition coefficient (Wildman–Crippen LogP) is 0.666. The van der Waals surface area contributed by atoms with E-state index >= 15 is 0 Å². The third kappa shape index (κ3) is 4.65. The molecule has 0 aliphatic heterocycles. The molecule has 0 heterocycles. The summed E-state index contributed by atoms with van der Waals surface area (Å²) in [4.78, 5) is 20.7. The lowest BCUT2D eigenvalue weighted by atomic mass is 10.0. The second kappa shape index (κ2) is 8.22. The molecule has 0 aromatic heterocycles. The maximum atomic E-state index is 12.5. The summed E-state index contributed by atoms with van der Waals surface area (Å²) in [5.74, 6) is -1.45. The first kappa shape index (κ1) is 20.5. The Morgan fingerprint density at radius 3 is 2.26 bits per heavy atom. The molecule has 0 saturated carbocycles. The van der Waals surface area contributed by atoms with Gasteiger partial charge in [0, 0.05) is 12.1 Å². The first-order valence-electron chi connectivity index (χ1n) is 7.55. The quantitative estimate of drug-likeness (QED) is 0.373. The number of nitro groups is 1. The zero-order valence-corrected chi connectivity index (χ0v) is 14.5. The van der Waals surface area contributed by atoms with E-state index in [-0.39, 0.29) is 11.3 Å². The Morgan fingerprint density at radius 2 is 1.74 bits per heavy atom. The molecule has 144 valence electrons. The van der Waals surface area contributed by atoms with Crippen molar-refractivity contribution in [1.82, 2.24) is 4.72 Å². The van der Waals surface area contributed by atoms with Gasteiger partial charge in [-0.2, -0.15) is 0 Å². The highest BCUT2D eigenvalue weighted by atomic mass is 32.2. The molecule has 2 rings (SSSR count). The SMILES string of the molecule is O=C(O)c1ccccc1S(=O)(=O)N[C@@H](CO)[C@@H](O)c1ccc([N+](=O)[O-])cc1. The molecule has 0 aliphatic rings. The van der Waals surface area contributed by atoms with Gasteiger partial charge in [-0.05, 0) is 29.8 Å². The van der Waals surface area contributed by atoms with Gasteiger partial charge in [0.2, 0.25) is 10.0 Å². The summed E-state index contributed by atoms with van der Waals surface area (Å²) in [5.41, 5.74) is -0.553. The lowest BCUT2D eigenvalue weighted by molar-refractivity contribution is -0.384. The molecule has 27 heavy (non-hydrogen) atoms. The number of aliphatic hydroxyl groups is 2. The second-order valence-electron chi connectivity index (χ2n) is 5.51. The molecular weight excluding hydrogens is 380 g/mol. The molecule has 0 radical (unpaired) electrons. The Kier molecular flexibility index (Phi) is 6.23. The molecule has 0 amide bonds. The van der Waals surface area contributed by atoms with E-state index in [0.29, 0.717) is 0 Å². The highest BCUT2D eigenvalue weighted by Crippen LogP contribution is 2.23. The van der Waals surface area contributed by atoms with Gasteiger partial charge in [0.1, 0.15) is 0 Å². The van der Waals surface area contributed by atoms with Crippen LogP contribution in [0.5, 0.6) is 0 Å². The van der Waals surface area contributed by atoms with Crippen molar-refractivity contribution in [3.05, 3.63) is 69.8 Å². The molecule has 0 saturated heterocycles. The second-order valence-corrected chi connectivity index (χ2v) is 7.19. The summed E-state index contributed by atoms with van der Waals surface area (Å²) in [5, 5.41) is 39.6. The fraction of sp³-hybridized carbons (Fsp3) is 0.188. The smallest absolute Gasteiger partial charge is 0.337 e. The van der Waals surface area contributed by atoms with Crippen molar-refractivity contribution >= 4 is 21.7 Å². The Balaban J connectivity index is 2.30. The molecule has 2 aromatic rings. The number of benzene rings is 2. The van der Waals surface area contributed by atoms with E-state index < -0.39 is 50.1 Å². The van der Waals surface area contributed by atoms with Gasteiger partial charge in [-0.25, -0.2) is 17.9 Å². The van der Waals surface area contributed by atoms with Crippen LogP contribution in [0.4, 0.5) is 5.69 Å². The lowest BCUT2D eigenvalue weighted by Gasteiger charge is -2.22. The van der Waals surface area contributed by atoms with E-state index in [9.17, 15) is 33.5 Å². The van der Waals surface area contributed by atoms with E-state index in [2.05, 4.69) is 4.72 Å². The van der Waals surface area contributed by atoms with Crippen LogP contribution in [0.2, 0.25) is 0 Å². The fourth-order valence-corrected chi connectivity index (χ4v) is 3.80. The first-order chi connectivity index (χ1) is 12.7. The van der Waals surface area contributed by atoms with Crippen LogP contribution in [0.25, 0.3) is 0 Å². The van der Waals surface area contributed by atoms with Crippen molar-refractivity contribution in [2.24, 2.45) is 0 Å². The number of nitrogens with one attached hydrogen (secondary N) is 1. The van der Waals surface area contributed by atoms with Crippen molar-refractivity contribution in [2.45, 2.75) is 17.0 Å². The largest absolute Gasteiger partial charge is 0.478 e. The zero-order chi connectivity index (χ0) is 20.2.